The molecule has 0 aliphatic carbocycles. The average molecular weight is 360 g/mol. The maximum atomic E-state index is 12.3. The van der Waals surface area contributed by atoms with Crippen LogP contribution in [0.15, 0.2) is 93.3 Å². The van der Waals surface area contributed by atoms with Gasteiger partial charge < -0.3 is 9.73 Å². The Morgan fingerprint density at radius 1 is 1.00 bits per heavy atom. The quantitative estimate of drug-likeness (QED) is 0.549. The molecule has 0 unspecified atom stereocenters. The van der Waals surface area contributed by atoms with Gasteiger partial charge in [0.2, 0.25) is 0 Å². The molecule has 4 aromatic rings. The number of amides is 1. The summed E-state index contributed by atoms with van der Waals surface area (Å²) >= 11 is 1.56. The summed E-state index contributed by atoms with van der Waals surface area (Å²) in [5.74, 6) is 0.613. The number of carbonyl (C=O) groups is 1. The van der Waals surface area contributed by atoms with Crippen LogP contribution in [0.2, 0.25) is 0 Å². The van der Waals surface area contributed by atoms with Gasteiger partial charge >= 0.3 is 0 Å². The van der Waals surface area contributed by atoms with Crippen LogP contribution in [0.5, 0.6) is 0 Å². The molecule has 0 saturated carbocycles. The zero-order chi connectivity index (χ0) is 17.8. The highest BCUT2D eigenvalue weighted by Crippen LogP contribution is 2.25. The van der Waals surface area contributed by atoms with Crippen molar-refractivity contribution in [3.63, 3.8) is 0 Å². The van der Waals surface area contributed by atoms with E-state index in [9.17, 15) is 4.79 Å². The molecule has 26 heavy (non-hydrogen) atoms. The summed E-state index contributed by atoms with van der Waals surface area (Å²) in [6.45, 7) is 0.359. The lowest BCUT2D eigenvalue weighted by Gasteiger charge is -2.05. The Balaban J connectivity index is 1.38. The Bertz CT molecular complexity index is 994. The second-order valence-electron chi connectivity index (χ2n) is 5.73. The van der Waals surface area contributed by atoms with Crippen LogP contribution in [0.1, 0.15) is 16.1 Å². The molecule has 128 valence electrons. The minimum atomic E-state index is -0.125. The molecule has 4 nitrogen and oxygen atoms in total. The molecule has 0 atom stereocenters. The number of pyridine rings is 1. The Hall–Kier alpha value is -3.05. The lowest BCUT2D eigenvalue weighted by atomic mass is 10.2. The number of fused-ring (bicyclic) bond motifs is 1. The van der Waals surface area contributed by atoms with Crippen LogP contribution < -0.4 is 5.32 Å². The Labute approximate surface area is 155 Å². The largest absolute Gasteiger partial charge is 0.459 e. The average Bonchev–Trinajstić information content (AvgIpc) is 3.10. The molecular weight excluding hydrogens is 344 g/mol. The molecule has 0 saturated heterocycles. The van der Waals surface area contributed by atoms with E-state index in [2.05, 4.69) is 10.3 Å². The highest BCUT2D eigenvalue weighted by atomic mass is 32.2. The number of aromatic nitrogens is 1. The molecule has 0 radical (unpaired) electrons. The summed E-state index contributed by atoms with van der Waals surface area (Å²) in [5.41, 5.74) is 1.44. The van der Waals surface area contributed by atoms with Gasteiger partial charge in [0.1, 0.15) is 16.4 Å². The summed E-state index contributed by atoms with van der Waals surface area (Å²) in [6.07, 6.45) is 1.77. The number of benzene rings is 2. The monoisotopic (exact) mass is 360 g/mol. The SMILES string of the molecule is O=C(NCc1cc2ccccc2o1)c1ccc(Sc2ccccn2)cc1. The Kier molecular flexibility index (Phi) is 4.71. The van der Waals surface area contributed by atoms with Gasteiger partial charge in [-0.15, -0.1) is 0 Å². The molecule has 4 rings (SSSR count). The second-order valence-corrected chi connectivity index (χ2v) is 6.82. The Morgan fingerprint density at radius 3 is 2.58 bits per heavy atom. The van der Waals surface area contributed by atoms with Crippen LogP contribution in [0.25, 0.3) is 11.0 Å². The lowest BCUT2D eigenvalue weighted by Crippen LogP contribution is -2.22. The molecule has 2 heterocycles. The number of nitrogens with zero attached hydrogens (tertiary/aromatic N) is 1. The molecule has 0 bridgehead atoms. The van der Waals surface area contributed by atoms with Gasteiger partial charge in [-0.05, 0) is 48.5 Å². The zero-order valence-electron chi connectivity index (χ0n) is 13.9. The summed E-state index contributed by atoms with van der Waals surface area (Å²) < 4.78 is 5.71. The van der Waals surface area contributed by atoms with Crippen LogP contribution >= 0.6 is 11.8 Å². The minimum absolute atomic E-state index is 0.125. The number of rotatable bonds is 5. The highest BCUT2D eigenvalue weighted by Gasteiger charge is 2.08. The first kappa shape index (κ1) is 16.4. The molecule has 1 N–H and O–H groups in total. The molecular formula is C21H16N2O2S. The van der Waals surface area contributed by atoms with Crippen molar-refractivity contribution in [2.24, 2.45) is 0 Å². The lowest BCUT2D eigenvalue weighted by molar-refractivity contribution is 0.0948. The molecule has 0 spiro atoms. The maximum Gasteiger partial charge on any atom is 0.251 e. The number of carbonyl (C=O) groups excluding carboxylic acids is 1. The number of nitrogens with one attached hydrogen (secondary N) is 1. The van der Waals surface area contributed by atoms with Crippen molar-refractivity contribution in [2.45, 2.75) is 16.5 Å². The molecule has 2 aromatic heterocycles. The molecule has 0 aliphatic rings. The smallest absolute Gasteiger partial charge is 0.251 e. The van der Waals surface area contributed by atoms with Crippen molar-refractivity contribution in [1.29, 1.82) is 0 Å². The highest BCUT2D eigenvalue weighted by molar-refractivity contribution is 7.99. The minimum Gasteiger partial charge on any atom is -0.459 e. The summed E-state index contributed by atoms with van der Waals surface area (Å²) in [7, 11) is 0. The fraction of sp³-hybridized carbons (Fsp3) is 0.0476. The summed E-state index contributed by atoms with van der Waals surface area (Å²) in [6, 6.07) is 23.0. The van der Waals surface area contributed by atoms with Crippen LogP contribution in [0.4, 0.5) is 0 Å². The van der Waals surface area contributed by atoms with Gasteiger partial charge in [-0.2, -0.15) is 0 Å². The number of para-hydroxylation sites is 1. The van der Waals surface area contributed by atoms with E-state index >= 15 is 0 Å². The molecule has 0 aliphatic heterocycles. The van der Waals surface area contributed by atoms with E-state index < -0.39 is 0 Å². The number of hydrogen-bond acceptors (Lipinski definition) is 4. The van der Waals surface area contributed by atoms with E-state index in [0.717, 1.165) is 26.7 Å². The fourth-order valence-corrected chi connectivity index (χ4v) is 3.37. The third-order valence-electron chi connectivity index (χ3n) is 3.88. The van der Waals surface area contributed by atoms with Gasteiger partial charge in [0.05, 0.1) is 6.54 Å². The predicted molar refractivity (Wildman–Crippen MR) is 102 cm³/mol. The van der Waals surface area contributed by atoms with Gasteiger partial charge in [-0.1, -0.05) is 36.0 Å². The molecule has 0 fully saturated rings. The van der Waals surface area contributed by atoms with Crippen molar-refractivity contribution >= 4 is 28.6 Å². The third-order valence-corrected chi connectivity index (χ3v) is 4.83. The third kappa shape index (κ3) is 3.78. The summed E-state index contributed by atoms with van der Waals surface area (Å²) in [4.78, 5) is 17.7. The fourth-order valence-electron chi connectivity index (χ4n) is 2.60. The van der Waals surface area contributed by atoms with E-state index in [0.29, 0.717) is 12.1 Å². The van der Waals surface area contributed by atoms with Crippen LogP contribution in [0.3, 0.4) is 0 Å². The first-order valence-corrected chi connectivity index (χ1v) is 9.04. The van der Waals surface area contributed by atoms with E-state index in [4.69, 9.17) is 4.42 Å². The van der Waals surface area contributed by atoms with Crippen molar-refractivity contribution in [3.05, 3.63) is 90.3 Å². The van der Waals surface area contributed by atoms with Crippen LogP contribution in [-0.2, 0) is 6.54 Å². The van der Waals surface area contributed by atoms with Gasteiger partial charge in [-0.25, -0.2) is 4.98 Å². The van der Waals surface area contributed by atoms with Gasteiger partial charge in [0, 0.05) is 22.0 Å². The molecule has 2 aromatic carbocycles. The predicted octanol–water partition coefficient (Wildman–Crippen LogP) is 4.91. The van der Waals surface area contributed by atoms with E-state index in [-0.39, 0.29) is 5.91 Å². The standard InChI is InChI=1S/C21H16N2O2S/c24-21(23-14-17-13-16-5-1-2-6-19(16)25-17)15-8-10-18(11-9-15)26-20-7-3-4-12-22-20/h1-13H,14H2,(H,23,24). The van der Waals surface area contributed by atoms with Crippen molar-refractivity contribution in [1.82, 2.24) is 10.3 Å². The number of hydrogen-bond donors (Lipinski definition) is 1. The van der Waals surface area contributed by atoms with Crippen molar-refractivity contribution in [2.75, 3.05) is 0 Å². The van der Waals surface area contributed by atoms with E-state index in [1.807, 2.05) is 72.8 Å². The summed E-state index contributed by atoms with van der Waals surface area (Å²) in [5, 5.41) is 4.85. The van der Waals surface area contributed by atoms with Crippen molar-refractivity contribution in [3.8, 4) is 0 Å². The topological polar surface area (TPSA) is 55.1 Å². The Morgan fingerprint density at radius 2 is 1.81 bits per heavy atom. The molecule has 5 heteroatoms. The molecule has 1 amide bonds. The first-order chi connectivity index (χ1) is 12.8. The van der Waals surface area contributed by atoms with Crippen molar-refractivity contribution < 1.29 is 9.21 Å². The van der Waals surface area contributed by atoms with Gasteiger partial charge in [0.15, 0.2) is 0 Å². The van der Waals surface area contributed by atoms with Crippen LogP contribution in [-0.4, -0.2) is 10.9 Å². The first-order valence-electron chi connectivity index (χ1n) is 8.22. The number of furan rings is 1. The maximum absolute atomic E-state index is 12.3. The van der Waals surface area contributed by atoms with E-state index in [1.54, 1.807) is 18.0 Å². The normalized spacial score (nSPS) is 10.8. The second kappa shape index (κ2) is 7.45. The van der Waals surface area contributed by atoms with Gasteiger partial charge in [0.25, 0.3) is 5.91 Å². The van der Waals surface area contributed by atoms with Crippen LogP contribution in [0, 0.1) is 0 Å². The van der Waals surface area contributed by atoms with Gasteiger partial charge in [-0.3, -0.25) is 4.79 Å². The van der Waals surface area contributed by atoms with E-state index in [1.165, 1.54) is 0 Å². The zero-order valence-corrected chi connectivity index (χ0v) is 14.7.